The van der Waals surface area contributed by atoms with Gasteiger partial charge in [-0.3, -0.25) is 9.59 Å². The van der Waals surface area contributed by atoms with Gasteiger partial charge in [-0.05, 0) is 41.8 Å². The second-order valence-electron chi connectivity index (χ2n) is 7.76. The summed E-state index contributed by atoms with van der Waals surface area (Å²) in [4.78, 5) is 26.9. The molecule has 0 spiro atoms. The minimum Gasteiger partial charge on any atom is -0.352 e. The van der Waals surface area contributed by atoms with Crippen LogP contribution in [0.4, 0.5) is 5.69 Å². The predicted octanol–water partition coefficient (Wildman–Crippen LogP) is 6.20. The summed E-state index contributed by atoms with van der Waals surface area (Å²) < 4.78 is 0. The summed E-state index contributed by atoms with van der Waals surface area (Å²) in [6, 6.07) is 34.8. The molecule has 0 saturated carbocycles. The normalized spacial score (nSPS) is 10.5. The lowest BCUT2D eigenvalue weighted by Crippen LogP contribution is -2.27. The van der Waals surface area contributed by atoms with Crippen molar-refractivity contribution in [1.29, 1.82) is 0 Å². The van der Waals surface area contributed by atoms with E-state index in [-0.39, 0.29) is 11.8 Å². The van der Waals surface area contributed by atoms with Crippen molar-refractivity contribution in [3.63, 3.8) is 0 Å². The fraction of sp³-hybridized carbons (Fsp3) is 0.103. The van der Waals surface area contributed by atoms with Crippen molar-refractivity contribution in [2.24, 2.45) is 0 Å². The van der Waals surface area contributed by atoms with Crippen LogP contribution in [0.25, 0.3) is 0 Å². The zero-order chi connectivity index (χ0) is 23.6. The number of para-hydroxylation sites is 1. The SMILES string of the molecule is O=C(NCCc1ccccc1)c1ccccc1NC(=O)c1ccccc1SCc1ccccc1. The molecule has 0 radical (unpaired) electrons. The van der Waals surface area contributed by atoms with Gasteiger partial charge in [0, 0.05) is 17.2 Å². The maximum Gasteiger partial charge on any atom is 0.256 e. The molecule has 4 aromatic carbocycles. The van der Waals surface area contributed by atoms with E-state index >= 15 is 0 Å². The third kappa shape index (κ3) is 6.36. The van der Waals surface area contributed by atoms with Gasteiger partial charge >= 0.3 is 0 Å². The minimum atomic E-state index is -0.235. The summed E-state index contributed by atoms with van der Waals surface area (Å²) in [5.41, 5.74) is 3.88. The highest BCUT2D eigenvalue weighted by molar-refractivity contribution is 7.98. The highest BCUT2D eigenvalue weighted by Crippen LogP contribution is 2.27. The summed E-state index contributed by atoms with van der Waals surface area (Å²) in [6.07, 6.45) is 0.743. The van der Waals surface area contributed by atoms with E-state index < -0.39 is 0 Å². The van der Waals surface area contributed by atoms with Crippen LogP contribution < -0.4 is 10.6 Å². The number of nitrogens with one attached hydrogen (secondary N) is 2. The first kappa shape index (κ1) is 23.3. The van der Waals surface area contributed by atoms with Crippen LogP contribution in [0.3, 0.4) is 0 Å². The molecule has 4 aromatic rings. The second kappa shape index (κ2) is 11.9. The summed E-state index contributed by atoms with van der Waals surface area (Å²) in [7, 11) is 0. The number of amides is 2. The molecule has 34 heavy (non-hydrogen) atoms. The smallest absolute Gasteiger partial charge is 0.256 e. The number of thioether (sulfide) groups is 1. The number of carbonyl (C=O) groups excluding carboxylic acids is 2. The van der Waals surface area contributed by atoms with E-state index in [4.69, 9.17) is 0 Å². The zero-order valence-electron chi connectivity index (χ0n) is 18.7. The van der Waals surface area contributed by atoms with Crippen molar-refractivity contribution < 1.29 is 9.59 Å². The molecule has 4 rings (SSSR count). The molecule has 0 aliphatic heterocycles. The second-order valence-corrected chi connectivity index (χ2v) is 8.78. The molecule has 0 aliphatic carbocycles. The van der Waals surface area contributed by atoms with E-state index in [1.807, 2.05) is 78.9 Å². The van der Waals surface area contributed by atoms with Crippen molar-refractivity contribution in [2.45, 2.75) is 17.1 Å². The average Bonchev–Trinajstić information content (AvgIpc) is 2.89. The summed E-state index contributed by atoms with van der Waals surface area (Å²) in [5, 5.41) is 5.90. The van der Waals surface area contributed by atoms with E-state index in [9.17, 15) is 9.59 Å². The van der Waals surface area contributed by atoms with Gasteiger partial charge in [-0.1, -0.05) is 84.9 Å². The number of hydrogen-bond donors (Lipinski definition) is 2. The van der Waals surface area contributed by atoms with Gasteiger partial charge < -0.3 is 10.6 Å². The monoisotopic (exact) mass is 466 g/mol. The van der Waals surface area contributed by atoms with Gasteiger partial charge in [0.25, 0.3) is 11.8 Å². The Hall–Kier alpha value is -3.83. The van der Waals surface area contributed by atoms with E-state index in [1.165, 1.54) is 5.56 Å². The summed E-state index contributed by atoms with van der Waals surface area (Å²) in [6.45, 7) is 0.518. The number of rotatable bonds is 9. The van der Waals surface area contributed by atoms with E-state index in [2.05, 4.69) is 22.8 Å². The number of anilines is 1. The van der Waals surface area contributed by atoms with Crippen LogP contribution in [0.15, 0.2) is 114 Å². The van der Waals surface area contributed by atoms with Gasteiger partial charge in [-0.2, -0.15) is 0 Å². The van der Waals surface area contributed by atoms with Crippen molar-refractivity contribution in [3.8, 4) is 0 Å². The molecule has 170 valence electrons. The standard InChI is InChI=1S/C29H26N2O2S/c32-28(30-20-19-22-11-3-1-4-12-22)24-15-7-9-17-26(24)31-29(33)25-16-8-10-18-27(25)34-21-23-13-5-2-6-14-23/h1-18H,19-21H2,(H,30,32)(H,31,33). The lowest BCUT2D eigenvalue weighted by atomic mass is 10.1. The van der Waals surface area contributed by atoms with Gasteiger partial charge in [-0.15, -0.1) is 11.8 Å². The molecule has 0 saturated heterocycles. The van der Waals surface area contributed by atoms with Crippen molar-refractivity contribution >= 4 is 29.3 Å². The fourth-order valence-corrected chi connectivity index (χ4v) is 4.56. The maximum absolute atomic E-state index is 13.2. The summed E-state index contributed by atoms with van der Waals surface area (Å²) >= 11 is 1.62. The third-order valence-electron chi connectivity index (χ3n) is 5.33. The highest BCUT2D eigenvalue weighted by Gasteiger charge is 2.16. The summed E-state index contributed by atoms with van der Waals surface area (Å²) in [5.74, 6) is 0.324. The van der Waals surface area contributed by atoms with Crippen LogP contribution in [-0.2, 0) is 12.2 Å². The van der Waals surface area contributed by atoms with E-state index in [1.54, 1.807) is 30.0 Å². The first-order chi connectivity index (χ1) is 16.7. The van der Waals surface area contributed by atoms with Crippen LogP contribution in [-0.4, -0.2) is 18.4 Å². The van der Waals surface area contributed by atoms with Gasteiger partial charge in [0.2, 0.25) is 0 Å². The molecule has 5 heteroatoms. The lowest BCUT2D eigenvalue weighted by molar-refractivity contribution is 0.0955. The molecule has 2 N–H and O–H groups in total. The third-order valence-corrected chi connectivity index (χ3v) is 6.48. The topological polar surface area (TPSA) is 58.2 Å². The molecule has 0 atom stereocenters. The molecule has 0 unspecified atom stereocenters. The van der Waals surface area contributed by atoms with Crippen molar-refractivity contribution in [1.82, 2.24) is 5.32 Å². The Morgan fingerprint density at radius 1 is 0.618 bits per heavy atom. The predicted molar refractivity (Wildman–Crippen MR) is 139 cm³/mol. The maximum atomic E-state index is 13.2. The Morgan fingerprint density at radius 3 is 1.94 bits per heavy atom. The van der Waals surface area contributed by atoms with Gasteiger partial charge in [0.15, 0.2) is 0 Å². The molecule has 0 heterocycles. The average molecular weight is 467 g/mol. The number of carbonyl (C=O) groups is 2. The first-order valence-electron chi connectivity index (χ1n) is 11.2. The van der Waals surface area contributed by atoms with E-state index in [0.29, 0.717) is 23.4 Å². The molecular weight excluding hydrogens is 440 g/mol. The lowest BCUT2D eigenvalue weighted by Gasteiger charge is -2.13. The van der Waals surface area contributed by atoms with Gasteiger partial charge in [0.05, 0.1) is 16.8 Å². The Morgan fingerprint density at radius 2 is 1.21 bits per heavy atom. The highest BCUT2D eigenvalue weighted by atomic mass is 32.2. The first-order valence-corrected chi connectivity index (χ1v) is 12.2. The molecular formula is C29H26N2O2S. The Kier molecular flexibility index (Phi) is 8.14. The van der Waals surface area contributed by atoms with Crippen LogP contribution >= 0.6 is 11.8 Å². The van der Waals surface area contributed by atoms with Gasteiger partial charge in [-0.25, -0.2) is 0 Å². The molecule has 0 aliphatic rings. The molecule has 2 amide bonds. The number of benzene rings is 4. The largest absolute Gasteiger partial charge is 0.352 e. The Balaban J connectivity index is 1.42. The Labute approximate surface area is 204 Å². The quantitative estimate of drug-likeness (QED) is 0.289. The molecule has 0 aromatic heterocycles. The number of hydrogen-bond acceptors (Lipinski definition) is 3. The minimum absolute atomic E-state index is 0.210. The zero-order valence-corrected chi connectivity index (χ0v) is 19.6. The van der Waals surface area contributed by atoms with Crippen LogP contribution in [0.2, 0.25) is 0 Å². The van der Waals surface area contributed by atoms with Gasteiger partial charge in [0.1, 0.15) is 0 Å². The Bertz CT molecular complexity index is 1240. The van der Waals surface area contributed by atoms with Crippen molar-refractivity contribution in [3.05, 3.63) is 131 Å². The van der Waals surface area contributed by atoms with Crippen molar-refractivity contribution in [2.75, 3.05) is 11.9 Å². The fourth-order valence-electron chi connectivity index (χ4n) is 3.56. The molecule has 0 bridgehead atoms. The molecule has 4 nitrogen and oxygen atoms in total. The molecule has 0 fully saturated rings. The van der Waals surface area contributed by atoms with Crippen LogP contribution in [0.5, 0.6) is 0 Å². The van der Waals surface area contributed by atoms with Crippen LogP contribution in [0, 0.1) is 0 Å². The van der Waals surface area contributed by atoms with E-state index in [0.717, 1.165) is 22.6 Å². The van der Waals surface area contributed by atoms with Crippen LogP contribution in [0.1, 0.15) is 31.8 Å².